The number of ether oxygens (including phenoxy) is 2. The van der Waals surface area contributed by atoms with Crippen molar-refractivity contribution in [3.63, 3.8) is 0 Å². The minimum atomic E-state index is 0.0934. The van der Waals surface area contributed by atoms with E-state index >= 15 is 0 Å². The van der Waals surface area contributed by atoms with Crippen LogP contribution in [0.3, 0.4) is 0 Å². The summed E-state index contributed by atoms with van der Waals surface area (Å²) in [7, 11) is 4.05. The van der Waals surface area contributed by atoms with E-state index in [-0.39, 0.29) is 5.24 Å². The number of thiol groups is 1. The standard InChI is InChI=1S/C25H52N2O3S2/c1-22(21-26(5)14-11-18-29-16-9-8-12-23(2)31)20-25(3,4)13-10-17-30-19-15-27(6)24(28)32-7/h22-23,31H,8-21H2,1-7H3. The highest BCUT2D eigenvalue weighted by Crippen LogP contribution is 2.30. The van der Waals surface area contributed by atoms with E-state index in [1.165, 1.54) is 37.4 Å². The summed E-state index contributed by atoms with van der Waals surface area (Å²) in [5.74, 6) is 0.672. The van der Waals surface area contributed by atoms with Gasteiger partial charge in [-0.1, -0.05) is 45.9 Å². The van der Waals surface area contributed by atoms with Crippen LogP contribution in [0, 0.1) is 11.3 Å². The number of likely N-dealkylation sites (N-methyl/N-ethyl adjacent to an activating group) is 1. The second-order valence-corrected chi connectivity index (χ2v) is 11.8. The first kappa shape index (κ1) is 32.0. The number of hydrogen-bond donors (Lipinski definition) is 1. The summed E-state index contributed by atoms with van der Waals surface area (Å²) in [4.78, 5) is 15.7. The molecule has 0 saturated carbocycles. The van der Waals surface area contributed by atoms with Gasteiger partial charge in [0, 0.05) is 46.5 Å². The Kier molecular flexibility index (Phi) is 19.4. The number of amides is 1. The third-order valence-electron chi connectivity index (χ3n) is 5.71. The van der Waals surface area contributed by atoms with Crippen LogP contribution in [-0.4, -0.2) is 86.7 Å². The molecule has 0 spiro atoms. The fourth-order valence-electron chi connectivity index (χ4n) is 4.12. The molecule has 0 aliphatic heterocycles. The molecule has 0 saturated heterocycles. The van der Waals surface area contributed by atoms with Crippen LogP contribution in [0.2, 0.25) is 0 Å². The van der Waals surface area contributed by atoms with Crippen LogP contribution in [0.4, 0.5) is 4.79 Å². The lowest BCUT2D eigenvalue weighted by Crippen LogP contribution is -2.29. The number of unbranched alkanes of at least 4 members (excludes halogenated alkanes) is 1. The van der Waals surface area contributed by atoms with Crippen molar-refractivity contribution in [2.45, 2.75) is 77.9 Å². The van der Waals surface area contributed by atoms with E-state index in [1.807, 2.05) is 13.3 Å². The Morgan fingerprint density at radius 1 is 0.969 bits per heavy atom. The predicted molar refractivity (Wildman–Crippen MR) is 144 cm³/mol. The summed E-state index contributed by atoms with van der Waals surface area (Å²) >= 11 is 5.66. The zero-order valence-corrected chi connectivity index (χ0v) is 23.7. The molecule has 0 aliphatic rings. The first-order valence-electron chi connectivity index (χ1n) is 12.4. The highest BCUT2D eigenvalue weighted by molar-refractivity contribution is 8.12. The predicted octanol–water partition coefficient (Wildman–Crippen LogP) is 6.08. The van der Waals surface area contributed by atoms with Crippen molar-refractivity contribution >= 4 is 29.6 Å². The molecule has 0 radical (unpaired) electrons. The van der Waals surface area contributed by atoms with E-state index < -0.39 is 0 Å². The molecule has 7 heteroatoms. The maximum absolute atomic E-state index is 11.5. The molecule has 0 aromatic carbocycles. The van der Waals surface area contributed by atoms with E-state index in [4.69, 9.17) is 9.47 Å². The molecule has 5 nitrogen and oxygen atoms in total. The van der Waals surface area contributed by atoms with Gasteiger partial charge in [-0.3, -0.25) is 4.79 Å². The van der Waals surface area contributed by atoms with Crippen LogP contribution in [-0.2, 0) is 9.47 Å². The maximum atomic E-state index is 11.5. The first-order chi connectivity index (χ1) is 15.1. The normalized spacial score (nSPS) is 14.0. The van der Waals surface area contributed by atoms with Crippen LogP contribution in [0.25, 0.3) is 0 Å². The van der Waals surface area contributed by atoms with Crippen molar-refractivity contribution in [1.82, 2.24) is 9.80 Å². The number of carbonyl (C=O) groups excluding carboxylic acids is 1. The van der Waals surface area contributed by atoms with Gasteiger partial charge in [-0.05, 0) is 68.4 Å². The molecule has 0 rings (SSSR count). The summed E-state index contributed by atoms with van der Waals surface area (Å²) in [5.41, 5.74) is 0.322. The molecule has 2 unspecified atom stereocenters. The minimum Gasteiger partial charge on any atom is -0.381 e. The lowest BCUT2D eigenvalue weighted by Gasteiger charge is -2.30. The Labute approximate surface area is 209 Å². The summed E-state index contributed by atoms with van der Waals surface area (Å²) in [6.07, 6.45) is 9.90. The second-order valence-electron chi connectivity index (χ2n) is 10.2. The summed E-state index contributed by atoms with van der Waals surface area (Å²) in [6.45, 7) is 15.3. The Balaban J connectivity index is 3.77. The number of hydrogen-bond acceptors (Lipinski definition) is 6. The average Bonchev–Trinajstić information content (AvgIpc) is 2.70. The number of rotatable bonds is 20. The minimum absolute atomic E-state index is 0.0934. The molecular weight excluding hydrogens is 440 g/mol. The Hall–Kier alpha value is 0.0500. The third kappa shape index (κ3) is 19.5. The highest BCUT2D eigenvalue weighted by Gasteiger charge is 2.21. The highest BCUT2D eigenvalue weighted by atomic mass is 32.2. The largest absolute Gasteiger partial charge is 0.381 e. The number of nitrogens with zero attached hydrogens (tertiary/aromatic N) is 2. The van der Waals surface area contributed by atoms with Gasteiger partial charge in [-0.2, -0.15) is 12.6 Å². The monoisotopic (exact) mass is 492 g/mol. The number of thioether (sulfide) groups is 1. The Morgan fingerprint density at radius 2 is 1.59 bits per heavy atom. The van der Waals surface area contributed by atoms with Gasteiger partial charge in [-0.25, -0.2) is 0 Å². The molecule has 2 atom stereocenters. The van der Waals surface area contributed by atoms with E-state index in [0.717, 1.165) is 52.2 Å². The van der Waals surface area contributed by atoms with E-state index in [0.29, 0.717) is 29.7 Å². The lowest BCUT2D eigenvalue weighted by atomic mass is 9.79. The van der Waals surface area contributed by atoms with Crippen LogP contribution < -0.4 is 0 Å². The van der Waals surface area contributed by atoms with Crippen molar-refractivity contribution in [3.05, 3.63) is 0 Å². The maximum Gasteiger partial charge on any atom is 0.281 e. The summed E-state index contributed by atoms with van der Waals surface area (Å²) < 4.78 is 11.5. The zero-order chi connectivity index (χ0) is 24.4. The molecule has 0 aromatic rings. The van der Waals surface area contributed by atoms with Gasteiger partial charge in [0.25, 0.3) is 5.24 Å². The van der Waals surface area contributed by atoms with E-state index in [2.05, 4.69) is 52.3 Å². The molecule has 0 aromatic heterocycles. The summed E-state index contributed by atoms with van der Waals surface area (Å²) in [5, 5.41) is 0.592. The van der Waals surface area contributed by atoms with Gasteiger partial charge in [0.2, 0.25) is 0 Å². The van der Waals surface area contributed by atoms with Crippen molar-refractivity contribution < 1.29 is 14.3 Å². The molecule has 0 aliphatic carbocycles. The molecule has 0 heterocycles. The quantitative estimate of drug-likeness (QED) is 0.165. The lowest BCUT2D eigenvalue weighted by molar-refractivity contribution is 0.103. The van der Waals surface area contributed by atoms with Crippen molar-refractivity contribution in [1.29, 1.82) is 0 Å². The topological polar surface area (TPSA) is 42.0 Å². The van der Waals surface area contributed by atoms with Crippen LogP contribution >= 0.6 is 24.4 Å². The molecule has 0 N–H and O–H groups in total. The van der Waals surface area contributed by atoms with Gasteiger partial charge in [-0.15, -0.1) is 0 Å². The van der Waals surface area contributed by atoms with Crippen molar-refractivity contribution in [3.8, 4) is 0 Å². The van der Waals surface area contributed by atoms with E-state index in [9.17, 15) is 4.79 Å². The fraction of sp³-hybridized carbons (Fsp3) is 0.960. The van der Waals surface area contributed by atoms with Gasteiger partial charge in [0.15, 0.2) is 0 Å². The van der Waals surface area contributed by atoms with Gasteiger partial charge >= 0.3 is 0 Å². The second kappa shape index (κ2) is 19.4. The van der Waals surface area contributed by atoms with Gasteiger partial charge < -0.3 is 19.3 Å². The molecule has 0 bridgehead atoms. The van der Waals surface area contributed by atoms with Crippen LogP contribution in [0.1, 0.15) is 72.6 Å². The molecule has 192 valence electrons. The molecule has 1 amide bonds. The Morgan fingerprint density at radius 3 is 2.25 bits per heavy atom. The molecule has 0 fully saturated rings. The Bertz CT molecular complexity index is 464. The van der Waals surface area contributed by atoms with Crippen LogP contribution in [0.15, 0.2) is 0 Å². The van der Waals surface area contributed by atoms with Gasteiger partial charge in [0.05, 0.1) is 6.61 Å². The zero-order valence-electron chi connectivity index (χ0n) is 22.0. The smallest absolute Gasteiger partial charge is 0.281 e. The molecule has 32 heavy (non-hydrogen) atoms. The van der Waals surface area contributed by atoms with E-state index in [1.54, 1.807) is 4.90 Å². The first-order valence-corrected chi connectivity index (χ1v) is 14.1. The fourth-order valence-corrected chi connectivity index (χ4v) is 4.70. The third-order valence-corrected chi connectivity index (χ3v) is 6.63. The molecular formula is C25H52N2O3S2. The van der Waals surface area contributed by atoms with Crippen LogP contribution in [0.5, 0.6) is 0 Å². The van der Waals surface area contributed by atoms with Crippen molar-refractivity contribution in [2.24, 2.45) is 11.3 Å². The SMILES string of the molecule is CSC(=O)N(C)CCOCCCC(C)(C)CC(C)CN(C)CCCOCCCCC(C)S. The van der Waals surface area contributed by atoms with Gasteiger partial charge in [0.1, 0.15) is 0 Å². The average molecular weight is 493 g/mol. The number of carbonyl (C=O) groups is 1. The summed E-state index contributed by atoms with van der Waals surface area (Å²) in [6, 6.07) is 0. The van der Waals surface area contributed by atoms with Crippen molar-refractivity contribution in [2.75, 3.05) is 66.4 Å².